The van der Waals surface area contributed by atoms with E-state index in [-0.39, 0.29) is 5.91 Å². The van der Waals surface area contributed by atoms with Gasteiger partial charge in [0.2, 0.25) is 0 Å². The summed E-state index contributed by atoms with van der Waals surface area (Å²) in [6, 6.07) is 23.7. The smallest absolute Gasteiger partial charge is 0.255 e. The minimum Gasteiger partial charge on any atom is -0.322 e. The minimum absolute atomic E-state index is 0.121. The van der Waals surface area contributed by atoms with Crippen LogP contribution >= 0.6 is 0 Å². The highest BCUT2D eigenvalue weighted by molar-refractivity contribution is 6.06. The topological polar surface area (TPSA) is 46.9 Å². The summed E-state index contributed by atoms with van der Waals surface area (Å²) < 4.78 is 2.10. The summed E-state index contributed by atoms with van der Waals surface area (Å²) in [5, 5.41) is 3.02. The highest BCUT2D eigenvalue weighted by atomic mass is 16.1. The fourth-order valence-electron chi connectivity index (χ4n) is 3.39. The molecule has 0 aliphatic rings. The van der Waals surface area contributed by atoms with Crippen molar-refractivity contribution in [2.75, 3.05) is 5.32 Å². The molecule has 1 heterocycles. The van der Waals surface area contributed by atoms with E-state index in [1.807, 2.05) is 67.6 Å². The largest absolute Gasteiger partial charge is 0.322 e. The number of para-hydroxylation sites is 2. The van der Waals surface area contributed by atoms with Crippen LogP contribution < -0.4 is 5.32 Å². The lowest BCUT2D eigenvalue weighted by Gasteiger charge is -2.10. The predicted molar refractivity (Wildman–Crippen MR) is 110 cm³/mol. The Morgan fingerprint density at radius 2 is 1.74 bits per heavy atom. The van der Waals surface area contributed by atoms with E-state index in [2.05, 4.69) is 33.9 Å². The van der Waals surface area contributed by atoms with Crippen LogP contribution in [-0.4, -0.2) is 15.5 Å². The Morgan fingerprint density at radius 1 is 1.00 bits per heavy atom. The molecule has 0 saturated carbocycles. The Balaban J connectivity index is 1.69. The molecule has 0 aliphatic heterocycles. The molecule has 1 N–H and O–H groups in total. The number of carbonyl (C=O) groups excluding carboxylic acids is 1. The van der Waals surface area contributed by atoms with Crippen molar-refractivity contribution in [3.05, 3.63) is 89.7 Å². The first-order chi connectivity index (χ1) is 13.2. The molecule has 0 radical (unpaired) electrons. The SMILES string of the molecule is CCc1ccccc1NC(=O)c1ccc2c(c1)nc(C)n2-c1ccccc1. The number of nitrogens with zero attached hydrogens (tertiary/aromatic N) is 2. The Morgan fingerprint density at radius 3 is 2.52 bits per heavy atom. The molecule has 27 heavy (non-hydrogen) atoms. The van der Waals surface area contributed by atoms with Crippen molar-refractivity contribution >= 4 is 22.6 Å². The molecule has 0 aliphatic carbocycles. The molecule has 0 atom stereocenters. The summed E-state index contributed by atoms with van der Waals surface area (Å²) in [6.07, 6.45) is 0.871. The number of aromatic nitrogens is 2. The van der Waals surface area contributed by atoms with Crippen molar-refractivity contribution in [2.24, 2.45) is 0 Å². The molecule has 4 rings (SSSR count). The Hall–Kier alpha value is -3.40. The third-order valence-electron chi connectivity index (χ3n) is 4.75. The first-order valence-corrected chi connectivity index (χ1v) is 9.11. The van der Waals surface area contributed by atoms with Crippen molar-refractivity contribution < 1.29 is 4.79 Å². The van der Waals surface area contributed by atoms with Gasteiger partial charge in [-0.2, -0.15) is 0 Å². The highest BCUT2D eigenvalue weighted by Gasteiger charge is 2.13. The first-order valence-electron chi connectivity index (χ1n) is 9.11. The van der Waals surface area contributed by atoms with Gasteiger partial charge in [0.15, 0.2) is 0 Å². The minimum atomic E-state index is -0.121. The number of hydrogen-bond acceptors (Lipinski definition) is 2. The number of imidazole rings is 1. The molecule has 1 amide bonds. The quantitative estimate of drug-likeness (QED) is 0.550. The van der Waals surface area contributed by atoms with Crippen LogP contribution in [0.2, 0.25) is 0 Å². The van der Waals surface area contributed by atoms with Crippen LogP contribution in [0.25, 0.3) is 16.7 Å². The zero-order valence-corrected chi connectivity index (χ0v) is 15.4. The van der Waals surface area contributed by atoms with Gasteiger partial charge >= 0.3 is 0 Å². The number of aryl methyl sites for hydroxylation is 2. The van der Waals surface area contributed by atoms with Gasteiger partial charge in [0.05, 0.1) is 11.0 Å². The molecule has 1 aromatic heterocycles. The molecule has 3 aromatic carbocycles. The normalized spacial score (nSPS) is 10.9. The molecule has 0 bridgehead atoms. The van der Waals surface area contributed by atoms with E-state index in [9.17, 15) is 4.79 Å². The van der Waals surface area contributed by atoms with Crippen LogP contribution in [0, 0.1) is 6.92 Å². The molecule has 4 heteroatoms. The van der Waals surface area contributed by atoms with Crippen molar-refractivity contribution in [3.8, 4) is 5.69 Å². The highest BCUT2D eigenvalue weighted by Crippen LogP contribution is 2.23. The summed E-state index contributed by atoms with van der Waals surface area (Å²) in [6.45, 7) is 4.06. The van der Waals surface area contributed by atoms with Gasteiger partial charge in [-0.25, -0.2) is 4.98 Å². The molecule has 134 valence electrons. The maximum Gasteiger partial charge on any atom is 0.255 e. The maximum atomic E-state index is 12.7. The van der Waals surface area contributed by atoms with Crippen LogP contribution in [-0.2, 0) is 6.42 Å². The number of amides is 1. The summed E-state index contributed by atoms with van der Waals surface area (Å²) in [5.41, 5.74) is 5.45. The van der Waals surface area contributed by atoms with Gasteiger partial charge in [0, 0.05) is 16.9 Å². The monoisotopic (exact) mass is 355 g/mol. The lowest BCUT2D eigenvalue weighted by Crippen LogP contribution is -2.13. The van der Waals surface area contributed by atoms with E-state index in [1.165, 1.54) is 0 Å². The molecule has 0 spiro atoms. The van der Waals surface area contributed by atoms with E-state index in [4.69, 9.17) is 0 Å². The Bertz CT molecular complexity index is 1110. The van der Waals surface area contributed by atoms with Crippen LogP contribution in [0.15, 0.2) is 72.8 Å². The third-order valence-corrected chi connectivity index (χ3v) is 4.75. The van der Waals surface area contributed by atoms with Crippen molar-refractivity contribution in [1.29, 1.82) is 0 Å². The second-order valence-corrected chi connectivity index (χ2v) is 6.50. The summed E-state index contributed by atoms with van der Waals surface area (Å²) in [5.74, 6) is 0.773. The van der Waals surface area contributed by atoms with Gasteiger partial charge < -0.3 is 5.32 Å². The molecule has 4 aromatic rings. The van der Waals surface area contributed by atoms with Gasteiger partial charge in [0.1, 0.15) is 5.82 Å². The Labute approximate surface area is 158 Å². The maximum absolute atomic E-state index is 12.7. The Kier molecular flexibility index (Phi) is 4.47. The predicted octanol–water partition coefficient (Wildman–Crippen LogP) is 5.15. The van der Waals surface area contributed by atoms with Crippen molar-refractivity contribution in [3.63, 3.8) is 0 Å². The average Bonchev–Trinajstić information content (AvgIpc) is 3.03. The van der Waals surface area contributed by atoms with Crippen LogP contribution in [0.1, 0.15) is 28.7 Å². The molecule has 0 fully saturated rings. The lowest BCUT2D eigenvalue weighted by atomic mass is 10.1. The summed E-state index contributed by atoms with van der Waals surface area (Å²) in [7, 11) is 0. The lowest BCUT2D eigenvalue weighted by molar-refractivity contribution is 0.102. The van der Waals surface area contributed by atoms with E-state index in [0.29, 0.717) is 5.56 Å². The molecular formula is C23H21N3O. The molecule has 0 unspecified atom stereocenters. The number of fused-ring (bicyclic) bond motifs is 1. The average molecular weight is 355 g/mol. The van der Waals surface area contributed by atoms with E-state index in [1.54, 1.807) is 0 Å². The number of carbonyl (C=O) groups is 1. The zero-order valence-electron chi connectivity index (χ0n) is 15.4. The van der Waals surface area contributed by atoms with Crippen molar-refractivity contribution in [1.82, 2.24) is 9.55 Å². The summed E-state index contributed by atoms with van der Waals surface area (Å²) in [4.78, 5) is 17.4. The molecule has 4 nitrogen and oxygen atoms in total. The van der Waals surface area contributed by atoms with Crippen LogP contribution in [0.4, 0.5) is 5.69 Å². The second kappa shape index (κ2) is 7.08. The second-order valence-electron chi connectivity index (χ2n) is 6.50. The van der Waals surface area contributed by atoms with Crippen molar-refractivity contribution in [2.45, 2.75) is 20.3 Å². The fourth-order valence-corrected chi connectivity index (χ4v) is 3.39. The summed E-state index contributed by atoms with van der Waals surface area (Å²) >= 11 is 0. The van der Waals surface area contributed by atoms with Crippen LogP contribution in [0.5, 0.6) is 0 Å². The number of hydrogen-bond donors (Lipinski definition) is 1. The van der Waals surface area contributed by atoms with E-state index < -0.39 is 0 Å². The van der Waals surface area contributed by atoms with Crippen LogP contribution in [0.3, 0.4) is 0 Å². The van der Waals surface area contributed by atoms with E-state index in [0.717, 1.165) is 40.2 Å². The van der Waals surface area contributed by atoms with Gasteiger partial charge in [-0.1, -0.05) is 43.3 Å². The van der Waals surface area contributed by atoms with Gasteiger partial charge in [-0.3, -0.25) is 9.36 Å². The van der Waals surface area contributed by atoms with Gasteiger partial charge in [-0.05, 0) is 55.3 Å². The standard InChI is InChI=1S/C23H21N3O/c1-3-17-9-7-8-12-20(17)25-23(27)18-13-14-22-21(15-18)24-16(2)26(22)19-10-5-4-6-11-19/h4-15H,3H2,1-2H3,(H,25,27). The fraction of sp³-hybridized carbons (Fsp3) is 0.130. The number of benzene rings is 3. The van der Waals surface area contributed by atoms with Gasteiger partial charge in [-0.15, -0.1) is 0 Å². The zero-order chi connectivity index (χ0) is 18.8. The third kappa shape index (κ3) is 3.22. The molecular weight excluding hydrogens is 334 g/mol. The number of rotatable bonds is 4. The molecule has 0 saturated heterocycles. The van der Waals surface area contributed by atoms with Gasteiger partial charge in [0.25, 0.3) is 5.91 Å². The first kappa shape index (κ1) is 17.0. The number of anilines is 1. The number of nitrogens with one attached hydrogen (secondary N) is 1. The van der Waals surface area contributed by atoms with E-state index >= 15 is 0 Å².